The summed E-state index contributed by atoms with van der Waals surface area (Å²) >= 11 is 0. The smallest absolute Gasteiger partial charge is 0.254 e. The first-order chi connectivity index (χ1) is 15.4. The number of benzene rings is 1. The number of aryl methyl sites for hydroxylation is 1. The molecule has 2 aromatic rings. The first-order valence-electron chi connectivity index (χ1n) is 12.0. The second-order valence-corrected chi connectivity index (χ2v) is 9.52. The molecule has 2 heterocycles. The molecule has 1 unspecified atom stereocenters. The van der Waals surface area contributed by atoms with Crippen LogP contribution in [-0.4, -0.2) is 54.1 Å². The first-order valence-corrected chi connectivity index (χ1v) is 12.0. The van der Waals surface area contributed by atoms with Crippen LogP contribution >= 0.6 is 0 Å². The van der Waals surface area contributed by atoms with E-state index in [-0.39, 0.29) is 24.5 Å². The summed E-state index contributed by atoms with van der Waals surface area (Å²) in [5, 5.41) is 1.16. The van der Waals surface area contributed by atoms with Gasteiger partial charge in [0.05, 0.1) is 12.7 Å². The van der Waals surface area contributed by atoms with E-state index in [4.69, 9.17) is 4.74 Å². The van der Waals surface area contributed by atoms with Crippen molar-refractivity contribution in [1.29, 1.82) is 0 Å². The van der Waals surface area contributed by atoms with Crippen LogP contribution in [0.15, 0.2) is 18.2 Å². The van der Waals surface area contributed by atoms with Gasteiger partial charge in [0.25, 0.3) is 5.91 Å². The van der Waals surface area contributed by atoms with E-state index in [9.17, 15) is 14.0 Å². The summed E-state index contributed by atoms with van der Waals surface area (Å²) in [6.07, 6.45) is 6.01. The van der Waals surface area contributed by atoms with Gasteiger partial charge in [0.1, 0.15) is 0 Å². The number of aromatic nitrogens is 1. The summed E-state index contributed by atoms with van der Waals surface area (Å²) in [4.78, 5) is 27.0. The third-order valence-corrected chi connectivity index (χ3v) is 7.76. The molecule has 1 saturated heterocycles. The number of carbonyl (C=O) groups is 2. The standard InChI is InChI=1S/C26H35FN2O3/c1-17(25(30)5-4-12-27)28(2)26(31)20-7-9-24-22(16-20)21-15-19(6-8-23(21)29(24)3)18-10-13-32-14-11-18/h7,9,16-19H,4-6,8,10-15H2,1-3H3/t17-,19?/m1/s1. The molecule has 2 atom stereocenters. The Labute approximate surface area is 189 Å². The van der Waals surface area contributed by atoms with Crippen LogP contribution in [0.25, 0.3) is 10.9 Å². The Hall–Kier alpha value is -2.21. The number of amides is 1. The zero-order chi connectivity index (χ0) is 22.8. The van der Waals surface area contributed by atoms with Gasteiger partial charge in [-0.15, -0.1) is 0 Å². The molecule has 1 fully saturated rings. The number of halogens is 1. The van der Waals surface area contributed by atoms with Crippen LogP contribution in [0.4, 0.5) is 4.39 Å². The maximum absolute atomic E-state index is 13.2. The second kappa shape index (κ2) is 9.74. The predicted octanol–water partition coefficient (Wildman–Crippen LogP) is 4.49. The minimum Gasteiger partial charge on any atom is -0.381 e. The molecule has 1 aliphatic carbocycles. The van der Waals surface area contributed by atoms with E-state index in [2.05, 4.69) is 11.6 Å². The molecule has 0 spiro atoms. The van der Waals surface area contributed by atoms with Gasteiger partial charge in [0.2, 0.25) is 0 Å². The molecule has 32 heavy (non-hydrogen) atoms. The van der Waals surface area contributed by atoms with Crippen molar-refractivity contribution in [3.63, 3.8) is 0 Å². The number of fused-ring (bicyclic) bond motifs is 3. The van der Waals surface area contributed by atoms with Crippen molar-refractivity contribution in [3.05, 3.63) is 35.0 Å². The summed E-state index contributed by atoms with van der Waals surface area (Å²) in [6.45, 7) is 2.95. The number of hydrogen-bond donors (Lipinski definition) is 0. The van der Waals surface area contributed by atoms with E-state index in [0.717, 1.165) is 55.7 Å². The van der Waals surface area contributed by atoms with Crippen molar-refractivity contribution in [2.24, 2.45) is 18.9 Å². The number of hydrogen-bond acceptors (Lipinski definition) is 3. The summed E-state index contributed by atoms with van der Waals surface area (Å²) in [5.74, 6) is 1.13. The SMILES string of the molecule is C[C@H](C(=O)CCCF)N(C)C(=O)c1ccc2c(c1)c1c(n2C)CCC(C2CCOCC2)C1. The van der Waals surface area contributed by atoms with E-state index in [1.165, 1.54) is 22.6 Å². The van der Waals surface area contributed by atoms with Crippen LogP contribution in [0.1, 0.15) is 60.6 Å². The van der Waals surface area contributed by atoms with Gasteiger partial charge in [0, 0.05) is 55.9 Å². The lowest BCUT2D eigenvalue weighted by atomic mass is 9.75. The molecule has 0 radical (unpaired) electrons. The van der Waals surface area contributed by atoms with Crippen LogP contribution in [0.3, 0.4) is 0 Å². The van der Waals surface area contributed by atoms with E-state index in [0.29, 0.717) is 11.5 Å². The van der Waals surface area contributed by atoms with E-state index >= 15 is 0 Å². The zero-order valence-corrected chi connectivity index (χ0v) is 19.5. The van der Waals surface area contributed by atoms with Gasteiger partial charge >= 0.3 is 0 Å². The fraction of sp³-hybridized carbons (Fsp3) is 0.615. The van der Waals surface area contributed by atoms with Crippen LogP contribution in [0.5, 0.6) is 0 Å². The van der Waals surface area contributed by atoms with E-state index in [1.54, 1.807) is 14.0 Å². The van der Waals surface area contributed by atoms with Crippen molar-refractivity contribution < 1.29 is 18.7 Å². The number of likely N-dealkylation sites (N-methyl/N-ethyl adjacent to an activating group) is 1. The zero-order valence-electron chi connectivity index (χ0n) is 19.5. The summed E-state index contributed by atoms with van der Waals surface area (Å²) in [7, 11) is 3.78. The Bertz CT molecular complexity index is 993. The normalized spacial score (nSPS) is 20.2. The highest BCUT2D eigenvalue weighted by Gasteiger charge is 2.31. The fourth-order valence-corrected chi connectivity index (χ4v) is 5.57. The van der Waals surface area contributed by atoms with E-state index < -0.39 is 12.7 Å². The Morgan fingerprint density at radius 3 is 2.69 bits per heavy atom. The molecule has 1 amide bonds. The Balaban J connectivity index is 1.59. The first kappa shape index (κ1) is 23.0. The average Bonchev–Trinajstić information content (AvgIpc) is 3.12. The van der Waals surface area contributed by atoms with E-state index in [1.807, 2.05) is 18.2 Å². The number of ketones is 1. The predicted molar refractivity (Wildman–Crippen MR) is 124 cm³/mol. The molecule has 0 bridgehead atoms. The van der Waals surface area contributed by atoms with Crippen LogP contribution in [0, 0.1) is 11.8 Å². The van der Waals surface area contributed by atoms with Crippen molar-refractivity contribution in [2.75, 3.05) is 26.9 Å². The van der Waals surface area contributed by atoms with Crippen molar-refractivity contribution in [3.8, 4) is 0 Å². The fourth-order valence-electron chi connectivity index (χ4n) is 5.57. The minimum absolute atomic E-state index is 0.101. The number of alkyl halides is 1. The largest absolute Gasteiger partial charge is 0.381 e. The van der Waals surface area contributed by atoms with Gasteiger partial charge in [-0.2, -0.15) is 0 Å². The monoisotopic (exact) mass is 442 g/mol. The van der Waals surface area contributed by atoms with Gasteiger partial charge in [0.15, 0.2) is 5.78 Å². The van der Waals surface area contributed by atoms with Crippen LogP contribution in [-0.2, 0) is 29.4 Å². The van der Waals surface area contributed by atoms with Crippen molar-refractivity contribution in [2.45, 2.75) is 57.9 Å². The highest BCUT2D eigenvalue weighted by Crippen LogP contribution is 2.39. The van der Waals surface area contributed by atoms with Crippen LogP contribution < -0.4 is 0 Å². The van der Waals surface area contributed by atoms with Crippen LogP contribution in [0.2, 0.25) is 0 Å². The maximum Gasteiger partial charge on any atom is 0.254 e. The summed E-state index contributed by atoms with van der Waals surface area (Å²) in [6, 6.07) is 5.35. The number of rotatable bonds is 7. The lowest BCUT2D eigenvalue weighted by Crippen LogP contribution is -2.40. The number of nitrogens with zero attached hydrogens (tertiary/aromatic N) is 2. The third-order valence-electron chi connectivity index (χ3n) is 7.76. The molecule has 2 aliphatic rings. The van der Waals surface area contributed by atoms with Gasteiger partial charge in [-0.3, -0.25) is 14.0 Å². The molecule has 4 rings (SSSR count). The molecular weight excluding hydrogens is 407 g/mol. The van der Waals surface area contributed by atoms with Crippen molar-refractivity contribution in [1.82, 2.24) is 9.47 Å². The minimum atomic E-state index is -0.563. The molecule has 1 aromatic carbocycles. The second-order valence-electron chi connectivity index (χ2n) is 9.52. The number of ether oxygens (including phenoxy) is 1. The number of Topliss-reactive ketones (excluding diaryl/α,β-unsaturated/α-hetero) is 1. The maximum atomic E-state index is 13.2. The summed E-state index contributed by atoms with van der Waals surface area (Å²) in [5.41, 5.74) is 4.53. The Morgan fingerprint density at radius 1 is 1.22 bits per heavy atom. The molecule has 5 nitrogen and oxygen atoms in total. The Morgan fingerprint density at radius 2 is 1.97 bits per heavy atom. The molecule has 1 aliphatic heterocycles. The molecule has 1 aromatic heterocycles. The lowest BCUT2D eigenvalue weighted by molar-refractivity contribution is -0.122. The highest BCUT2D eigenvalue weighted by molar-refractivity contribution is 6.01. The molecule has 174 valence electrons. The molecule has 6 heteroatoms. The quantitative estimate of drug-likeness (QED) is 0.635. The van der Waals surface area contributed by atoms with Gasteiger partial charge in [-0.05, 0) is 81.0 Å². The molecule has 0 N–H and O–H groups in total. The van der Waals surface area contributed by atoms with Gasteiger partial charge in [-0.25, -0.2) is 0 Å². The van der Waals surface area contributed by atoms with Gasteiger partial charge in [-0.1, -0.05) is 0 Å². The molecule has 0 saturated carbocycles. The topological polar surface area (TPSA) is 51.5 Å². The van der Waals surface area contributed by atoms with Crippen molar-refractivity contribution >= 4 is 22.6 Å². The average molecular weight is 443 g/mol. The highest BCUT2D eigenvalue weighted by atomic mass is 19.1. The molecular formula is C26H35FN2O3. The Kier molecular flexibility index (Phi) is 6.99. The number of carbonyl (C=O) groups excluding carboxylic acids is 2. The summed E-state index contributed by atoms with van der Waals surface area (Å²) < 4.78 is 20.3. The third kappa shape index (κ3) is 4.34. The van der Waals surface area contributed by atoms with Gasteiger partial charge < -0.3 is 14.2 Å². The lowest BCUT2D eigenvalue weighted by Gasteiger charge is -2.33.